The summed E-state index contributed by atoms with van der Waals surface area (Å²) in [4.78, 5) is 25.3. The lowest BCUT2D eigenvalue weighted by Gasteiger charge is -2.16. The lowest BCUT2D eigenvalue weighted by atomic mass is 10.2. The van der Waals surface area contributed by atoms with Crippen LogP contribution in [0, 0.1) is 12.5 Å². The van der Waals surface area contributed by atoms with Gasteiger partial charge >= 0.3 is 5.69 Å². The molecule has 0 spiro atoms. The average molecular weight is 270 g/mol. The molecular formula is C10H14N4O5. The fourth-order valence-electron chi connectivity index (χ4n) is 2.07. The van der Waals surface area contributed by atoms with Crippen molar-refractivity contribution in [1.82, 2.24) is 9.55 Å². The van der Waals surface area contributed by atoms with E-state index in [1.165, 1.54) is 6.92 Å². The molecule has 0 saturated carbocycles. The van der Waals surface area contributed by atoms with Crippen LogP contribution in [0.3, 0.4) is 0 Å². The molecule has 1 saturated heterocycles. The van der Waals surface area contributed by atoms with Gasteiger partial charge in [-0.1, -0.05) is 0 Å². The van der Waals surface area contributed by atoms with E-state index in [9.17, 15) is 14.7 Å². The molecule has 1 aromatic heterocycles. The van der Waals surface area contributed by atoms with Crippen molar-refractivity contribution in [3.05, 3.63) is 26.4 Å². The average Bonchev–Trinajstić information content (AvgIpc) is 2.74. The molecule has 104 valence electrons. The van der Waals surface area contributed by atoms with E-state index in [1.807, 2.05) is 0 Å². The number of aromatic amines is 1. The first-order chi connectivity index (χ1) is 8.99. The summed E-state index contributed by atoms with van der Waals surface area (Å²) in [5, 5.41) is 21.8. The molecule has 9 nitrogen and oxygen atoms in total. The quantitative estimate of drug-likeness (QED) is 0.529. The topological polar surface area (TPSA) is 141 Å². The second-order valence-corrected chi connectivity index (χ2v) is 4.30. The van der Waals surface area contributed by atoms with Crippen molar-refractivity contribution in [2.45, 2.75) is 31.8 Å². The van der Waals surface area contributed by atoms with Crippen LogP contribution in [0.15, 0.2) is 14.7 Å². The van der Waals surface area contributed by atoms with E-state index >= 15 is 0 Å². The molecular weight excluding hydrogens is 256 g/mol. The third-order valence-corrected chi connectivity index (χ3v) is 3.12. The van der Waals surface area contributed by atoms with E-state index in [0.29, 0.717) is 0 Å². The monoisotopic (exact) mass is 270 g/mol. The molecule has 9 heteroatoms. The van der Waals surface area contributed by atoms with E-state index in [1.54, 1.807) is 0 Å². The zero-order valence-electron chi connectivity index (χ0n) is 10.2. The SMILES string of the molecule is Cc1c(N=N)n([C@H]2CC(O)[C@@H](CO)O2)c(=O)[nH]c1=O. The van der Waals surface area contributed by atoms with Gasteiger partial charge < -0.3 is 14.9 Å². The van der Waals surface area contributed by atoms with Crippen molar-refractivity contribution in [2.24, 2.45) is 5.11 Å². The van der Waals surface area contributed by atoms with Crippen LogP contribution in [-0.4, -0.2) is 38.6 Å². The number of nitrogens with one attached hydrogen (secondary N) is 2. The molecule has 0 bridgehead atoms. The summed E-state index contributed by atoms with van der Waals surface area (Å²) in [6.07, 6.45) is -2.53. The van der Waals surface area contributed by atoms with Gasteiger partial charge in [0.05, 0.1) is 18.3 Å². The molecule has 1 aliphatic heterocycles. The smallest absolute Gasteiger partial charge is 0.332 e. The van der Waals surface area contributed by atoms with Gasteiger partial charge in [-0.2, -0.15) is 0 Å². The minimum absolute atomic E-state index is 0.0686. The fraction of sp³-hybridized carbons (Fsp3) is 0.600. The Kier molecular flexibility index (Phi) is 3.60. The molecule has 1 aromatic rings. The van der Waals surface area contributed by atoms with Crippen molar-refractivity contribution in [3.63, 3.8) is 0 Å². The maximum atomic E-state index is 11.8. The highest BCUT2D eigenvalue weighted by atomic mass is 16.5. The molecule has 2 heterocycles. The van der Waals surface area contributed by atoms with Crippen LogP contribution in [-0.2, 0) is 4.74 Å². The Morgan fingerprint density at radius 1 is 1.58 bits per heavy atom. The van der Waals surface area contributed by atoms with Crippen LogP contribution >= 0.6 is 0 Å². The molecule has 19 heavy (non-hydrogen) atoms. The predicted molar refractivity (Wildman–Crippen MR) is 62.5 cm³/mol. The number of aromatic nitrogens is 2. The number of aliphatic hydroxyl groups excluding tert-OH is 2. The van der Waals surface area contributed by atoms with Gasteiger partial charge in [-0.25, -0.2) is 14.9 Å². The second-order valence-electron chi connectivity index (χ2n) is 4.30. The van der Waals surface area contributed by atoms with Gasteiger partial charge in [-0.3, -0.25) is 9.78 Å². The highest BCUT2D eigenvalue weighted by Gasteiger charge is 2.36. The van der Waals surface area contributed by atoms with Crippen LogP contribution in [0.2, 0.25) is 0 Å². The normalized spacial score (nSPS) is 26.6. The molecule has 0 aromatic carbocycles. The summed E-state index contributed by atoms with van der Waals surface area (Å²) < 4.78 is 6.33. The van der Waals surface area contributed by atoms with E-state index in [2.05, 4.69) is 10.1 Å². The van der Waals surface area contributed by atoms with E-state index in [-0.39, 0.29) is 24.4 Å². The van der Waals surface area contributed by atoms with Crippen molar-refractivity contribution >= 4 is 5.82 Å². The standard InChI is InChI=1S/C10H14N4O5/c1-4-8(13-11)14(10(18)12-9(4)17)7-2-5(16)6(3-15)19-7/h5-7,11,15-16H,2-3H2,1H3,(H,12,17,18)/t5?,6-,7-/m1/s1. The van der Waals surface area contributed by atoms with Gasteiger partial charge in [0.25, 0.3) is 5.56 Å². The fourth-order valence-corrected chi connectivity index (χ4v) is 2.07. The van der Waals surface area contributed by atoms with Crippen molar-refractivity contribution in [3.8, 4) is 0 Å². The largest absolute Gasteiger partial charge is 0.394 e. The Bertz CT molecular complexity index is 607. The number of aliphatic hydroxyl groups is 2. The van der Waals surface area contributed by atoms with E-state index in [4.69, 9.17) is 15.4 Å². The van der Waals surface area contributed by atoms with Gasteiger partial charge in [0.2, 0.25) is 0 Å². The summed E-state index contributed by atoms with van der Waals surface area (Å²) in [6, 6.07) is 0. The zero-order valence-corrected chi connectivity index (χ0v) is 10.2. The number of hydrogen-bond donors (Lipinski definition) is 4. The lowest BCUT2D eigenvalue weighted by molar-refractivity contribution is -0.0453. The third-order valence-electron chi connectivity index (χ3n) is 3.12. The van der Waals surface area contributed by atoms with E-state index < -0.39 is 29.7 Å². The Morgan fingerprint density at radius 3 is 2.79 bits per heavy atom. The first kappa shape index (κ1) is 13.6. The summed E-state index contributed by atoms with van der Waals surface area (Å²) in [5.74, 6) is -0.121. The minimum Gasteiger partial charge on any atom is -0.394 e. The Morgan fingerprint density at radius 2 is 2.26 bits per heavy atom. The van der Waals surface area contributed by atoms with Gasteiger partial charge in [-0.15, -0.1) is 5.11 Å². The number of hydrogen-bond acceptors (Lipinski definition) is 7. The van der Waals surface area contributed by atoms with Gasteiger partial charge in [-0.05, 0) is 6.92 Å². The number of rotatable bonds is 3. The molecule has 1 aliphatic rings. The number of nitrogens with zero attached hydrogens (tertiary/aromatic N) is 2. The third kappa shape index (κ3) is 2.23. The maximum absolute atomic E-state index is 11.8. The van der Waals surface area contributed by atoms with Crippen molar-refractivity contribution < 1.29 is 14.9 Å². The summed E-state index contributed by atoms with van der Waals surface area (Å²) >= 11 is 0. The maximum Gasteiger partial charge on any atom is 0.332 e. The molecule has 1 fully saturated rings. The summed E-state index contributed by atoms with van der Waals surface area (Å²) in [6.45, 7) is 1.04. The van der Waals surface area contributed by atoms with Crippen LogP contribution in [0.25, 0.3) is 0 Å². The molecule has 0 aliphatic carbocycles. The summed E-state index contributed by atoms with van der Waals surface area (Å²) in [7, 11) is 0. The molecule has 0 radical (unpaired) electrons. The number of H-pyrrole nitrogens is 1. The van der Waals surface area contributed by atoms with Crippen LogP contribution in [0.4, 0.5) is 5.82 Å². The summed E-state index contributed by atoms with van der Waals surface area (Å²) in [5.41, 5.74) is 5.80. The molecule has 1 unspecified atom stereocenters. The highest BCUT2D eigenvalue weighted by Crippen LogP contribution is 2.30. The second kappa shape index (κ2) is 5.03. The minimum atomic E-state index is -0.923. The lowest BCUT2D eigenvalue weighted by Crippen LogP contribution is -2.34. The van der Waals surface area contributed by atoms with Crippen LogP contribution < -0.4 is 11.2 Å². The van der Waals surface area contributed by atoms with Crippen molar-refractivity contribution in [2.75, 3.05) is 6.61 Å². The van der Waals surface area contributed by atoms with Crippen LogP contribution in [0.1, 0.15) is 18.2 Å². The molecule has 0 amide bonds. The Labute approximate surface area is 107 Å². The highest BCUT2D eigenvalue weighted by molar-refractivity contribution is 5.35. The van der Waals surface area contributed by atoms with Gasteiger partial charge in [0.15, 0.2) is 5.82 Å². The van der Waals surface area contributed by atoms with E-state index in [0.717, 1.165) is 4.57 Å². The Balaban J connectivity index is 2.52. The zero-order chi connectivity index (χ0) is 14.2. The molecule has 4 N–H and O–H groups in total. The molecule has 3 atom stereocenters. The Hall–Kier alpha value is -1.84. The number of ether oxygens (including phenoxy) is 1. The first-order valence-electron chi connectivity index (χ1n) is 5.66. The predicted octanol–water partition coefficient (Wildman–Crippen LogP) is -0.852. The van der Waals surface area contributed by atoms with Crippen molar-refractivity contribution in [1.29, 1.82) is 5.53 Å². The first-order valence-corrected chi connectivity index (χ1v) is 5.66. The van der Waals surface area contributed by atoms with Gasteiger partial charge in [0, 0.05) is 6.42 Å². The van der Waals surface area contributed by atoms with Crippen LogP contribution in [0.5, 0.6) is 0 Å². The van der Waals surface area contributed by atoms with Gasteiger partial charge in [0.1, 0.15) is 12.3 Å². The molecule has 2 rings (SSSR count).